The first kappa shape index (κ1) is 11.1. The fourth-order valence-electron chi connectivity index (χ4n) is 1.17. The predicted octanol–water partition coefficient (Wildman–Crippen LogP) is 4.44. The first-order valence-corrected chi connectivity index (χ1v) is 6.02. The lowest BCUT2D eigenvalue weighted by Crippen LogP contribution is -1.71. The zero-order chi connectivity index (χ0) is 11.2. The second kappa shape index (κ2) is 5.65. The van der Waals surface area contributed by atoms with Crippen molar-refractivity contribution in [3.05, 3.63) is 65.2 Å². The van der Waals surface area contributed by atoms with Gasteiger partial charge in [-0.2, -0.15) is 0 Å². The van der Waals surface area contributed by atoms with Gasteiger partial charge in [-0.25, -0.2) is 0 Å². The van der Waals surface area contributed by atoms with E-state index >= 15 is 0 Å². The second-order valence-electron chi connectivity index (χ2n) is 3.15. The number of hydrogen-bond acceptors (Lipinski definition) is 1. The molecule has 0 radical (unpaired) electrons. The molecular formula is C14H9ClS. The topological polar surface area (TPSA) is 0 Å². The maximum absolute atomic E-state index is 5.79. The maximum Gasteiger partial charge on any atom is 0.0406 e. The SMILES string of the molecule is Clc1ccc(C#CSc2ccccc2)cc1. The van der Waals surface area contributed by atoms with Crippen LogP contribution in [0.3, 0.4) is 0 Å². The fourth-order valence-corrected chi connectivity index (χ4v) is 1.87. The molecule has 0 aromatic heterocycles. The summed E-state index contributed by atoms with van der Waals surface area (Å²) in [5.41, 5.74) is 0.979. The minimum atomic E-state index is 0.737. The maximum atomic E-state index is 5.79. The van der Waals surface area contributed by atoms with E-state index in [0.29, 0.717) is 0 Å². The van der Waals surface area contributed by atoms with Crippen LogP contribution in [-0.2, 0) is 0 Å². The first-order chi connectivity index (χ1) is 7.84. The van der Waals surface area contributed by atoms with Crippen LogP contribution < -0.4 is 0 Å². The zero-order valence-electron chi connectivity index (χ0n) is 8.48. The lowest BCUT2D eigenvalue weighted by molar-refractivity contribution is 1.47. The first-order valence-electron chi connectivity index (χ1n) is 4.83. The Morgan fingerprint density at radius 3 is 2.25 bits per heavy atom. The molecule has 0 nitrogen and oxygen atoms in total. The van der Waals surface area contributed by atoms with E-state index in [9.17, 15) is 0 Å². The van der Waals surface area contributed by atoms with Crippen molar-refractivity contribution >= 4 is 23.4 Å². The van der Waals surface area contributed by atoms with Gasteiger partial charge in [-0.15, -0.1) is 0 Å². The van der Waals surface area contributed by atoms with Crippen LogP contribution in [0.5, 0.6) is 0 Å². The van der Waals surface area contributed by atoms with Crippen LogP contribution in [0, 0.1) is 11.2 Å². The summed E-state index contributed by atoms with van der Waals surface area (Å²) in [6.07, 6.45) is 0. The van der Waals surface area contributed by atoms with E-state index in [1.165, 1.54) is 11.8 Å². The Morgan fingerprint density at radius 2 is 1.56 bits per heavy atom. The minimum absolute atomic E-state index is 0.737. The number of halogens is 1. The van der Waals surface area contributed by atoms with Gasteiger partial charge >= 0.3 is 0 Å². The highest BCUT2D eigenvalue weighted by molar-refractivity contribution is 8.03. The van der Waals surface area contributed by atoms with E-state index < -0.39 is 0 Å². The van der Waals surface area contributed by atoms with Gasteiger partial charge in [0, 0.05) is 15.5 Å². The highest BCUT2D eigenvalue weighted by atomic mass is 35.5. The van der Waals surface area contributed by atoms with E-state index in [1.54, 1.807) is 0 Å². The third-order valence-corrected chi connectivity index (χ3v) is 2.92. The molecule has 2 rings (SSSR count). The Bertz CT molecular complexity index is 506. The summed E-state index contributed by atoms with van der Waals surface area (Å²) in [5.74, 6) is 3.07. The van der Waals surface area contributed by atoms with Gasteiger partial charge < -0.3 is 0 Å². The average molecular weight is 245 g/mol. The average Bonchev–Trinajstić information content (AvgIpc) is 2.33. The second-order valence-corrected chi connectivity index (χ2v) is 4.47. The van der Waals surface area contributed by atoms with Crippen LogP contribution in [-0.4, -0.2) is 0 Å². The molecule has 16 heavy (non-hydrogen) atoms. The molecule has 0 saturated heterocycles. The zero-order valence-corrected chi connectivity index (χ0v) is 10.1. The van der Waals surface area contributed by atoms with Crippen molar-refractivity contribution in [3.8, 4) is 11.2 Å². The largest absolute Gasteiger partial charge is 0.0843 e. The van der Waals surface area contributed by atoms with Crippen molar-refractivity contribution in [1.29, 1.82) is 0 Å². The lowest BCUT2D eigenvalue weighted by atomic mass is 10.2. The summed E-state index contributed by atoms with van der Waals surface area (Å²) in [5, 5.41) is 3.80. The van der Waals surface area contributed by atoms with Crippen molar-refractivity contribution in [2.75, 3.05) is 0 Å². The summed E-state index contributed by atoms with van der Waals surface area (Å²) in [7, 11) is 0. The molecule has 2 aromatic carbocycles. The molecule has 0 fully saturated rings. The summed E-state index contributed by atoms with van der Waals surface area (Å²) < 4.78 is 0. The smallest absolute Gasteiger partial charge is 0.0406 e. The molecule has 0 saturated carbocycles. The van der Waals surface area contributed by atoms with Gasteiger partial charge in [0.15, 0.2) is 0 Å². The van der Waals surface area contributed by atoms with Crippen LogP contribution in [0.15, 0.2) is 59.5 Å². The van der Waals surface area contributed by atoms with E-state index in [1.807, 2.05) is 54.6 Å². The molecule has 2 aromatic rings. The van der Waals surface area contributed by atoms with Gasteiger partial charge in [0.2, 0.25) is 0 Å². The minimum Gasteiger partial charge on any atom is -0.0843 e. The third-order valence-electron chi connectivity index (χ3n) is 1.95. The lowest BCUT2D eigenvalue weighted by Gasteiger charge is -1.91. The Labute approximate surface area is 105 Å². The predicted molar refractivity (Wildman–Crippen MR) is 70.6 cm³/mol. The van der Waals surface area contributed by atoms with E-state index in [4.69, 9.17) is 11.6 Å². The van der Waals surface area contributed by atoms with E-state index in [-0.39, 0.29) is 0 Å². The molecule has 0 aliphatic rings. The highest BCUT2D eigenvalue weighted by Gasteiger charge is 1.88. The van der Waals surface area contributed by atoms with Crippen LogP contribution in [0.4, 0.5) is 0 Å². The van der Waals surface area contributed by atoms with Gasteiger partial charge in [0.1, 0.15) is 0 Å². The number of thioether (sulfide) groups is 1. The molecule has 0 atom stereocenters. The Morgan fingerprint density at radius 1 is 0.875 bits per heavy atom. The fraction of sp³-hybridized carbons (Fsp3) is 0. The molecule has 0 amide bonds. The quantitative estimate of drug-likeness (QED) is 0.528. The van der Waals surface area contributed by atoms with Gasteiger partial charge in [-0.3, -0.25) is 0 Å². The van der Waals surface area contributed by atoms with Gasteiger partial charge in [0.05, 0.1) is 0 Å². The molecule has 0 heterocycles. The van der Waals surface area contributed by atoms with E-state index in [0.717, 1.165) is 15.5 Å². The van der Waals surface area contributed by atoms with E-state index in [2.05, 4.69) is 11.2 Å². The van der Waals surface area contributed by atoms with Crippen molar-refractivity contribution < 1.29 is 0 Å². The Balaban J connectivity index is 2.03. The van der Waals surface area contributed by atoms with Crippen LogP contribution in [0.25, 0.3) is 0 Å². The molecule has 0 bridgehead atoms. The molecule has 2 heteroatoms. The highest BCUT2D eigenvalue weighted by Crippen LogP contribution is 2.15. The van der Waals surface area contributed by atoms with Crippen LogP contribution in [0.2, 0.25) is 5.02 Å². The number of rotatable bonds is 1. The molecule has 0 aliphatic heterocycles. The standard InChI is InChI=1S/C14H9ClS/c15-13-8-6-12(7-9-13)10-11-16-14-4-2-1-3-5-14/h1-9H. The molecule has 78 valence electrons. The van der Waals surface area contributed by atoms with Crippen molar-refractivity contribution in [1.82, 2.24) is 0 Å². The number of hydrogen-bond donors (Lipinski definition) is 0. The summed E-state index contributed by atoms with van der Waals surface area (Å²) in [6, 6.07) is 17.6. The normalized spacial score (nSPS) is 9.31. The van der Waals surface area contributed by atoms with Crippen molar-refractivity contribution in [2.24, 2.45) is 0 Å². The van der Waals surface area contributed by atoms with Gasteiger partial charge in [0.25, 0.3) is 0 Å². The third kappa shape index (κ3) is 3.34. The number of benzene rings is 2. The van der Waals surface area contributed by atoms with Crippen LogP contribution in [0.1, 0.15) is 5.56 Å². The summed E-state index contributed by atoms with van der Waals surface area (Å²) >= 11 is 7.31. The van der Waals surface area contributed by atoms with Crippen LogP contribution >= 0.6 is 23.4 Å². The van der Waals surface area contributed by atoms with Crippen molar-refractivity contribution in [2.45, 2.75) is 4.90 Å². The van der Waals surface area contributed by atoms with Gasteiger partial charge in [-0.05, 0) is 53.4 Å². The molecule has 0 spiro atoms. The molecule has 0 unspecified atom stereocenters. The molecule has 0 N–H and O–H groups in total. The summed E-state index contributed by atoms with van der Waals surface area (Å²) in [4.78, 5) is 1.16. The summed E-state index contributed by atoms with van der Waals surface area (Å²) in [6.45, 7) is 0. The Hall–Kier alpha value is -1.36. The molecule has 0 aliphatic carbocycles. The molecular weight excluding hydrogens is 236 g/mol. The Kier molecular flexibility index (Phi) is 3.93. The van der Waals surface area contributed by atoms with Crippen molar-refractivity contribution in [3.63, 3.8) is 0 Å². The monoisotopic (exact) mass is 244 g/mol. The van der Waals surface area contributed by atoms with Gasteiger partial charge in [-0.1, -0.05) is 35.7 Å².